The number of likely N-dealkylation sites (tertiary alicyclic amines) is 1. The molecule has 0 saturated carbocycles. The van der Waals surface area contributed by atoms with Crippen molar-refractivity contribution in [1.82, 2.24) is 9.47 Å². The molecular weight excluding hydrogens is 360 g/mol. The topological polar surface area (TPSA) is 51.5 Å². The van der Waals surface area contributed by atoms with Crippen molar-refractivity contribution in [2.24, 2.45) is 11.8 Å². The standard InChI is InChI=1S/C21H28N2O3S/c1-14-8-15(2)11-22(10-14)20(24)13-26-21(25)19-9-16(3)23(17(19)4)12-18-6-5-7-27-18/h5-7,9,14-15H,8,10-13H2,1-4H3/t14-,15-/m0/s1. The number of hydrogen-bond donors (Lipinski definition) is 0. The van der Waals surface area contributed by atoms with Crippen molar-refractivity contribution in [3.8, 4) is 0 Å². The highest BCUT2D eigenvalue weighted by Crippen LogP contribution is 2.22. The first-order valence-corrected chi connectivity index (χ1v) is 10.4. The third-order valence-corrected chi connectivity index (χ3v) is 6.10. The molecule has 6 heteroatoms. The van der Waals surface area contributed by atoms with Gasteiger partial charge in [0.1, 0.15) is 0 Å². The molecule has 0 aliphatic carbocycles. The maximum Gasteiger partial charge on any atom is 0.340 e. The van der Waals surface area contributed by atoms with Crippen LogP contribution in [0.15, 0.2) is 23.6 Å². The van der Waals surface area contributed by atoms with E-state index in [2.05, 4.69) is 24.5 Å². The Morgan fingerprint density at radius 1 is 1.22 bits per heavy atom. The molecule has 5 nitrogen and oxygen atoms in total. The smallest absolute Gasteiger partial charge is 0.340 e. The highest BCUT2D eigenvalue weighted by molar-refractivity contribution is 7.09. The fourth-order valence-corrected chi connectivity index (χ4v) is 4.67. The highest BCUT2D eigenvalue weighted by atomic mass is 32.1. The van der Waals surface area contributed by atoms with Gasteiger partial charge in [-0.15, -0.1) is 11.3 Å². The van der Waals surface area contributed by atoms with Crippen LogP contribution in [0.1, 0.15) is 46.9 Å². The Morgan fingerprint density at radius 2 is 1.93 bits per heavy atom. The first-order chi connectivity index (χ1) is 12.8. The van der Waals surface area contributed by atoms with Gasteiger partial charge < -0.3 is 14.2 Å². The summed E-state index contributed by atoms with van der Waals surface area (Å²) in [6.07, 6.45) is 1.14. The first-order valence-electron chi connectivity index (χ1n) is 9.49. The Kier molecular flexibility index (Phi) is 6.05. The maximum absolute atomic E-state index is 12.5. The number of esters is 1. The lowest BCUT2D eigenvalue weighted by molar-refractivity contribution is -0.137. The van der Waals surface area contributed by atoms with E-state index in [1.165, 1.54) is 4.88 Å². The molecular formula is C21H28N2O3S. The fourth-order valence-electron chi connectivity index (χ4n) is 3.97. The summed E-state index contributed by atoms with van der Waals surface area (Å²) in [4.78, 5) is 28.0. The Morgan fingerprint density at radius 3 is 2.56 bits per heavy atom. The molecule has 0 radical (unpaired) electrons. The summed E-state index contributed by atoms with van der Waals surface area (Å²) in [5.74, 6) is 0.454. The highest BCUT2D eigenvalue weighted by Gasteiger charge is 2.26. The van der Waals surface area contributed by atoms with Crippen LogP contribution in [0.2, 0.25) is 0 Å². The number of ether oxygens (including phenoxy) is 1. The maximum atomic E-state index is 12.5. The van der Waals surface area contributed by atoms with Crippen LogP contribution in [0.5, 0.6) is 0 Å². The molecule has 0 N–H and O–H groups in total. The van der Waals surface area contributed by atoms with Crippen molar-refractivity contribution in [1.29, 1.82) is 0 Å². The van der Waals surface area contributed by atoms with E-state index >= 15 is 0 Å². The molecule has 146 valence electrons. The van der Waals surface area contributed by atoms with Gasteiger partial charge in [-0.1, -0.05) is 19.9 Å². The van der Waals surface area contributed by atoms with Crippen molar-refractivity contribution in [2.75, 3.05) is 19.7 Å². The second-order valence-electron chi connectivity index (χ2n) is 7.77. The van der Waals surface area contributed by atoms with Gasteiger partial charge in [0, 0.05) is 29.4 Å². The summed E-state index contributed by atoms with van der Waals surface area (Å²) in [6.45, 7) is 10.3. The third kappa shape index (κ3) is 4.61. The Hall–Kier alpha value is -2.08. The van der Waals surface area contributed by atoms with Crippen molar-refractivity contribution in [3.05, 3.63) is 45.4 Å². The Bertz CT molecular complexity index is 800. The molecule has 0 unspecified atom stereocenters. The van der Waals surface area contributed by atoms with Gasteiger partial charge in [0.15, 0.2) is 6.61 Å². The molecule has 1 saturated heterocycles. The van der Waals surface area contributed by atoms with Crippen LogP contribution in [-0.2, 0) is 16.1 Å². The predicted molar refractivity (Wildman–Crippen MR) is 107 cm³/mol. The van der Waals surface area contributed by atoms with Gasteiger partial charge in [-0.3, -0.25) is 4.79 Å². The summed E-state index contributed by atoms with van der Waals surface area (Å²) >= 11 is 1.70. The summed E-state index contributed by atoms with van der Waals surface area (Å²) in [5.41, 5.74) is 2.42. The molecule has 1 fully saturated rings. The van der Waals surface area contributed by atoms with Crippen LogP contribution >= 0.6 is 11.3 Å². The van der Waals surface area contributed by atoms with E-state index in [1.54, 1.807) is 11.3 Å². The van der Waals surface area contributed by atoms with Gasteiger partial charge in [-0.05, 0) is 49.6 Å². The summed E-state index contributed by atoms with van der Waals surface area (Å²) in [6, 6.07) is 5.96. The molecule has 1 aliphatic rings. The molecule has 27 heavy (non-hydrogen) atoms. The zero-order valence-corrected chi connectivity index (χ0v) is 17.3. The van der Waals surface area contributed by atoms with Gasteiger partial charge in [0.05, 0.1) is 12.1 Å². The van der Waals surface area contributed by atoms with Crippen molar-refractivity contribution in [3.63, 3.8) is 0 Å². The van der Waals surface area contributed by atoms with E-state index in [0.29, 0.717) is 17.4 Å². The third-order valence-electron chi connectivity index (χ3n) is 5.24. The number of nitrogens with zero attached hydrogens (tertiary/aromatic N) is 2. The SMILES string of the molecule is Cc1cc(C(=O)OCC(=O)N2C[C@@H](C)C[C@H](C)C2)c(C)n1Cc1cccs1. The predicted octanol–water partition coefficient (Wildman–Crippen LogP) is 3.88. The van der Waals surface area contributed by atoms with Gasteiger partial charge in [0.2, 0.25) is 0 Å². The lowest BCUT2D eigenvalue weighted by Crippen LogP contribution is -2.44. The molecule has 0 aromatic carbocycles. The number of thiophene rings is 1. The van der Waals surface area contributed by atoms with Crippen LogP contribution < -0.4 is 0 Å². The Balaban J connectivity index is 1.62. The fraction of sp³-hybridized carbons (Fsp3) is 0.524. The van der Waals surface area contributed by atoms with Gasteiger partial charge >= 0.3 is 5.97 Å². The number of hydrogen-bond acceptors (Lipinski definition) is 4. The van der Waals surface area contributed by atoms with Crippen molar-refractivity contribution < 1.29 is 14.3 Å². The van der Waals surface area contributed by atoms with E-state index in [1.807, 2.05) is 36.3 Å². The van der Waals surface area contributed by atoms with Gasteiger partial charge in [-0.2, -0.15) is 0 Å². The minimum atomic E-state index is -0.424. The number of aryl methyl sites for hydroxylation is 1. The molecule has 0 spiro atoms. The molecule has 2 aromatic rings. The van der Waals surface area contributed by atoms with Crippen LogP contribution in [0, 0.1) is 25.7 Å². The molecule has 1 amide bonds. The average Bonchev–Trinajstić information content (AvgIpc) is 3.22. The Labute approximate surface area is 164 Å². The average molecular weight is 389 g/mol. The summed E-state index contributed by atoms with van der Waals surface area (Å²) in [5, 5.41) is 2.05. The van der Waals surface area contributed by atoms with Gasteiger partial charge in [0.25, 0.3) is 5.91 Å². The molecule has 3 rings (SSSR count). The number of amides is 1. The number of rotatable bonds is 5. The van der Waals surface area contributed by atoms with Crippen molar-refractivity contribution >= 4 is 23.2 Å². The number of carbonyl (C=O) groups is 2. The second kappa shape index (κ2) is 8.30. The van der Waals surface area contributed by atoms with Crippen LogP contribution in [-0.4, -0.2) is 41.0 Å². The zero-order chi connectivity index (χ0) is 19.6. The summed E-state index contributed by atoms with van der Waals surface area (Å²) in [7, 11) is 0. The first kappa shape index (κ1) is 19.7. The zero-order valence-electron chi connectivity index (χ0n) is 16.5. The lowest BCUT2D eigenvalue weighted by Gasteiger charge is -2.34. The minimum Gasteiger partial charge on any atom is -0.452 e. The van der Waals surface area contributed by atoms with E-state index in [-0.39, 0.29) is 12.5 Å². The number of aromatic nitrogens is 1. The minimum absolute atomic E-state index is 0.103. The van der Waals surface area contributed by atoms with Crippen LogP contribution in [0.25, 0.3) is 0 Å². The normalized spacial score (nSPS) is 19.9. The van der Waals surface area contributed by atoms with Gasteiger partial charge in [-0.25, -0.2) is 4.79 Å². The molecule has 0 bridgehead atoms. The molecule has 2 aromatic heterocycles. The largest absolute Gasteiger partial charge is 0.452 e. The lowest BCUT2D eigenvalue weighted by atomic mass is 9.92. The molecule has 3 heterocycles. The van der Waals surface area contributed by atoms with E-state index in [4.69, 9.17) is 4.74 Å². The van der Waals surface area contributed by atoms with Crippen LogP contribution in [0.3, 0.4) is 0 Å². The number of carbonyl (C=O) groups excluding carboxylic acids is 2. The molecule has 1 aliphatic heterocycles. The molecule has 2 atom stereocenters. The second-order valence-corrected chi connectivity index (χ2v) is 8.80. The van der Waals surface area contributed by atoms with Crippen molar-refractivity contribution in [2.45, 2.75) is 40.7 Å². The van der Waals surface area contributed by atoms with E-state index in [9.17, 15) is 9.59 Å². The van der Waals surface area contributed by atoms with Crippen LogP contribution in [0.4, 0.5) is 0 Å². The quantitative estimate of drug-likeness (QED) is 0.731. The number of piperidine rings is 1. The summed E-state index contributed by atoms with van der Waals surface area (Å²) < 4.78 is 7.47. The van der Waals surface area contributed by atoms with E-state index < -0.39 is 5.97 Å². The monoisotopic (exact) mass is 388 g/mol. The van der Waals surface area contributed by atoms with E-state index in [0.717, 1.165) is 37.4 Å².